The number of carbonyl (C=O) groups is 3. The van der Waals surface area contributed by atoms with Gasteiger partial charge in [-0.25, -0.2) is 19.9 Å². The smallest absolute Gasteiger partial charge is 0.273 e. The number of nitrogen functional groups attached to an aromatic ring is 2. The lowest BCUT2D eigenvalue weighted by atomic mass is 9.90. The molecule has 4 aliphatic rings. The molecule has 2 saturated heterocycles. The minimum Gasteiger partial charge on any atom is -0.368 e. The second-order valence-electron chi connectivity index (χ2n) is 17.7. The van der Waals surface area contributed by atoms with Crippen LogP contribution in [0, 0.1) is 0 Å². The Balaban J connectivity index is 0.978. The molecular weight excluding hydrogens is 777 g/mol. The largest absolute Gasteiger partial charge is 0.368 e. The van der Waals surface area contributed by atoms with Crippen molar-refractivity contribution in [1.29, 1.82) is 0 Å². The van der Waals surface area contributed by atoms with E-state index in [-0.39, 0.29) is 53.0 Å². The molecular formula is C49H52N10O3. The number of aromatic nitrogens is 4. The molecule has 2 fully saturated rings. The first kappa shape index (κ1) is 39.8. The van der Waals surface area contributed by atoms with E-state index in [2.05, 4.69) is 67.8 Å². The first-order valence-corrected chi connectivity index (χ1v) is 22.0. The Hall–Kier alpha value is -6.31. The second-order valence-corrected chi connectivity index (χ2v) is 17.7. The molecule has 62 heavy (non-hydrogen) atoms. The van der Waals surface area contributed by atoms with Crippen LogP contribution in [-0.4, -0.2) is 94.4 Å². The number of rotatable bonds is 10. The van der Waals surface area contributed by atoms with Gasteiger partial charge in [0.05, 0.1) is 23.1 Å². The summed E-state index contributed by atoms with van der Waals surface area (Å²) in [6.45, 7) is 8.10. The summed E-state index contributed by atoms with van der Waals surface area (Å²) < 4.78 is 0. The number of hydrogen-bond donors (Lipinski definition) is 2. The van der Waals surface area contributed by atoms with Crippen molar-refractivity contribution in [3.63, 3.8) is 0 Å². The molecule has 0 aliphatic carbocycles. The zero-order chi connectivity index (χ0) is 42.6. The third-order valence-electron chi connectivity index (χ3n) is 13.7. The maximum Gasteiger partial charge on any atom is 0.273 e. The monoisotopic (exact) mass is 828 g/mol. The SMILES string of the molecule is CC1CCCN1C(Cc1ccc2nc(N)nc(C(=O)N3Cc4ccccc4C3)c2c1)C(=O)C(Cc1ccc2nc(N)nc(C(=O)N3Cc4ccccc4C3)c2c1)N1CCCC1C. The zero-order valence-corrected chi connectivity index (χ0v) is 35.3. The molecule has 2 aromatic heterocycles. The van der Waals surface area contributed by atoms with E-state index >= 15 is 4.79 Å². The van der Waals surface area contributed by atoms with Crippen LogP contribution in [0.25, 0.3) is 21.8 Å². The molecule has 6 heterocycles. The van der Waals surface area contributed by atoms with Crippen LogP contribution in [0.3, 0.4) is 0 Å². The molecule has 10 rings (SSSR count). The van der Waals surface area contributed by atoms with Crippen LogP contribution >= 0.6 is 0 Å². The third-order valence-corrected chi connectivity index (χ3v) is 13.7. The standard InChI is InChI=1S/C49H52N10O3/c1-29-9-7-19-58(29)41(23-31-15-17-39-37(21-31)43(54-48(50)52-39)46(61)56-25-33-11-3-4-12-34(33)26-56)45(60)42(59-20-8-10-30(59)2)24-32-16-18-40-38(22-32)44(55-49(51)53-40)47(62)57-27-35-13-5-6-14-36(35)28-57/h3-6,11-18,21-22,29-30,41-42H,7-10,19-20,23-28H2,1-2H3,(H2,50,52,54)(H2,51,53,55). The van der Waals surface area contributed by atoms with E-state index in [1.807, 2.05) is 60.7 Å². The van der Waals surface area contributed by atoms with Crippen molar-refractivity contribution in [2.45, 2.75) is 103 Å². The van der Waals surface area contributed by atoms with Gasteiger partial charge < -0.3 is 21.3 Å². The van der Waals surface area contributed by atoms with Crippen LogP contribution in [0.15, 0.2) is 84.9 Å². The molecule has 13 heteroatoms. The Bertz CT molecular complexity index is 2520. The number of fused-ring (bicyclic) bond motifs is 4. The van der Waals surface area contributed by atoms with E-state index in [1.54, 1.807) is 9.80 Å². The van der Waals surface area contributed by atoms with E-state index in [0.29, 0.717) is 60.8 Å². The van der Waals surface area contributed by atoms with Crippen molar-refractivity contribution in [1.82, 2.24) is 39.5 Å². The highest BCUT2D eigenvalue weighted by Gasteiger charge is 2.41. The Labute approximate surface area is 361 Å². The summed E-state index contributed by atoms with van der Waals surface area (Å²) in [4.78, 5) is 70.3. The second kappa shape index (κ2) is 16.2. The lowest BCUT2D eigenvalue weighted by Gasteiger charge is -2.37. The highest BCUT2D eigenvalue weighted by Crippen LogP contribution is 2.33. The lowest BCUT2D eigenvalue weighted by Crippen LogP contribution is -2.54. The molecule has 0 saturated carbocycles. The molecule has 4 N–H and O–H groups in total. The molecule has 4 atom stereocenters. The number of likely N-dealkylation sites (tertiary alicyclic amines) is 2. The van der Waals surface area contributed by atoms with Gasteiger partial charge in [0.15, 0.2) is 5.78 Å². The van der Waals surface area contributed by atoms with E-state index in [1.165, 1.54) is 0 Å². The van der Waals surface area contributed by atoms with Gasteiger partial charge in [-0.05, 0) is 123 Å². The minimum absolute atomic E-state index is 0.0497. The van der Waals surface area contributed by atoms with Crippen LogP contribution in [0.2, 0.25) is 0 Å². The Kier molecular flexibility index (Phi) is 10.4. The van der Waals surface area contributed by atoms with E-state index in [9.17, 15) is 9.59 Å². The molecule has 0 spiro atoms. The molecule has 4 aromatic carbocycles. The van der Waals surface area contributed by atoms with Crippen LogP contribution in [0.4, 0.5) is 11.9 Å². The van der Waals surface area contributed by atoms with Gasteiger partial charge in [-0.1, -0.05) is 60.7 Å². The van der Waals surface area contributed by atoms with Crippen LogP contribution in [-0.2, 0) is 43.8 Å². The fourth-order valence-electron chi connectivity index (χ4n) is 10.5. The molecule has 6 aromatic rings. The summed E-state index contributed by atoms with van der Waals surface area (Å²) in [5, 5.41) is 1.26. The van der Waals surface area contributed by atoms with Crippen molar-refractivity contribution in [3.05, 3.63) is 130 Å². The van der Waals surface area contributed by atoms with Gasteiger partial charge in [-0.2, -0.15) is 0 Å². The zero-order valence-electron chi connectivity index (χ0n) is 35.3. The van der Waals surface area contributed by atoms with Gasteiger partial charge in [0, 0.05) is 49.0 Å². The Morgan fingerprint density at radius 2 is 0.968 bits per heavy atom. The van der Waals surface area contributed by atoms with Crippen molar-refractivity contribution in [2.24, 2.45) is 0 Å². The highest BCUT2D eigenvalue weighted by atomic mass is 16.2. The Morgan fingerprint density at radius 1 is 0.581 bits per heavy atom. The van der Waals surface area contributed by atoms with E-state index in [0.717, 1.165) is 72.2 Å². The number of nitrogens with zero attached hydrogens (tertiary/aromatic N) is 8. The molecule has 4 unspecified atom stereocenters. The average Bonchev–Trinajstić information content (AvgIpc) is 4.10. The van der Waals surface area contributed by atoms with E-state index in [4.69, 9.17) is 11.5 Å². The van der Waals surface area contributed by atoms with Crippen LogP contribution < -0.4 is 11.5 Å². The van der Waals surface area contributed by atoms with Gasteiger partial charge in [-0.15, -0.1) is 0 Å². The number of nitrogens with two attached hydrogens (primary N) is 2. The summed E-state index contributed by atoms with van der Waals surface area (Å²) in [7, 11) is 0. The molecule has 4 aliphatic heterocycles. The van der Waals surface area contributed by atoms with Gasteiger partial charge in [0.1, 0.15) is 11.4 Å². The normalized spacial score (nSPS) is 19.9. The Morgan fingerprint density at radius 3 is 1.32 bits per heavy atom. The molecule has 316 valence electrons. The number of anilines is 2. The summed E-state index contributed by atoms with van der Waals surface area (Å²) >= 11 is 0. The number of benzene rings is 4. The molecule has 0 bridgehead atoms. The maximum absolute atomic E-state index is 15.6. The average molecular weight is 829 g/mol. The maximum atomic E-state index is 15.6. The van der Waals surface area contributed by atoms with Crippen molar-refractivity contribution < 1.29 is 14.4 Å². The van der Waals surface area contributed by atoms with Gasteiger partial charge in [0.25, 0.3) is 11.8 Å². The fourth-order valence-corrected chi connectivity index (χ4v) is 10.5. The number of carbonyl (C=O) groups excluding carboxylic acids is 3. The van der Waals surface area contributed by atoms with Gasteiger partial charge in [0.2, 0.25) is 11.9 Å². The molecule has 2 amide bonds. The van der Waals surface area contributed by atoms with Crippen LogP contribution in [0.1, 0.15) is 93.9 Å². The predicted molar refractivity (Wildman–Crippen MR) is 239 cm³/mol. The van der Waals surface area contributed by atoms with Crippen molar-refractivity contribution >= 4 is 51.3 Å². The first-order valence-electron chi connectivity index (χ1n) is 22.0. The summed E-state index contributed by atoms with van der Waals surface area (Å²) in [5.41, 5.74) is 20.5. The van der Waals surface area contributed by atoms with Crippen molar-refractivity contribution in [3.8, 4) is 0 Å². The summed E-state index contributed by atoms with van der Waals surface area (Å²) in [6.07, 6.45) is 5.00. The number of Topliss-reactive ketones (excluding diaryl/α,β-unsaturated/α-hetero) is 1. The third kappa shape index (κ3) is 7.42. The highest BCUT2D eigenvalue weighted by molar-refractivity contribution is 6.06. The van der Waals surface area contributed by atoms with Gasteiger partial charge in [-0.3, -0.25) is 24.2 Å². The molecule has 0 radical (unpaired) electrons. The first-order chi connectivity index (χ1) is 30.1. The lowest BCUT2D eigenvalue weighted by molar-refractivity contribution is -0.130. The minimum atomic E-state index is -0.415. The summed E-state index contributed by atoms with van der Waals surface area (Å²) in [5.74, 6) is -0.116. The van der Waals surface area contributed by atoms with Crippen LogP contribution in [0.5, 0.6) is 0 Å². The summed E-state index contributed by atoms with van der Waals surface area (Å²) in [6, 6.07) is 27.6. The topological polar surface area (TPSA) is 168 Å². The van der Waals surface area contributed by atoms with Gasteiger partial charge >= 0.3 is 0 Å². The van der Waals surface area contributed by atoms with Crippen molar-refractivity contribution in [2.75, 3.05) is 24.6 Å². The number of amides is 2. The number of ketones is 1. The fraction of sp³-hybridized carbons (Fsp3) is 0.367. The molecule has 13 nitrogen and oxygen atoms in total. The van der Waals surface area contributed by atoms with E-state index < -0.39 is 12.1 Å². The predicted octanol–water partition coefficient (Wildman–Crippen LogP) is 6.11. The number of hydrogen-bond acceptors (Lipinski definition) is 11. The quantitative estimate of drug-likeness (QED) is 0.164.